The SMILES string of the molecule is [CH2]CCSC(=O)N(C)C. The fourth-order valence-corrected chi connectivity index (χ4v) is 0.866. The molecule has 0 aliphatic rings. The number of amides is 1. The Morgan fingerprint density at radius 1 is 1.67 bits per heavy atom. The summed E-state index contributed by atoms with van der Waals surface area (Å²) in [5.41, 5.74) is 0. The van der Waals surface area contributed by atoms with Gasteiger partial charge < -0.3 is 4.90 Å². The van der Waals surface area contributed by atoms with Gasteiger partial charge in [-0.2, -0.15) is 0 Å². The van der Waals surface area contributed by atoms with Crippen LogP contribution in [-0.4, -0.2) is 30.0 Å². The molecule has 1 radical (unpaired) electrons. The third kappa shape index (κ3) is 4.33. The second-order valence-electron chi connectivity index (χ2n) is 1.86. The first kappa shape index (κ1) is 8.82. The molecular formula is C6H12NOS. The van der Waals surface area contributed by atoms with E-state index >= 15 is 0 Å². The van der Waals surface area contributed by atoms with E-state index in [2.05, 4.69) is 6.92 Å². The van der Waals surface area contributed by atoms with E-state index in [1.807, 2.05) is 0 Å². The van der Waals surface area contributed by atoms with Crippen LogP contribution in [0.2, 0.25) is 0 Å². The van der Waals surface area contributed by atoms with Gasteiger partial charge in [-0.15, -0.1) is 0 Å². The maximum Gasteiger partial charge on any atom is 0.281 e. The van der Waals surface area contributed by atoms with E-state index in [1.54, 1.807) is 19.0 Å². The standard InChI is InChI=1S/C6H12NOS/c1-4-5-9-6(8)7(2)3/h1,4-5H2,2-3H3. The molecule has 0 aromatic rings. The first-order valence-electron chi connectivity index (χ1n) is 2.81. The second kappa shape index (κ2) is 4.68. The molecule has 0 heterocycles. The van der Waals surface area contributed by atoms with Gasteiger partial charge in [-0.3, -0.25) is 4.79 Å². The summed E-state index contributed by atoms with van der Waals surface area (Å²) < 4.78 is 0. The molecule has 0 aliphatic carbocycles. The van der Waals surface area contributed by atoms with Gasteiger partial charge in [-0.1, -0.05) is 18.7 Å². The highest BCUT2D eigenvalue weighted by Crippen LogP contribution is 2.05. The monoisotopic (exact) mass is 146 g/mol. The number of nitrogens with zero attached hydrogens (tertiary/aromatic N) is 1. The van der Waals surface area contributed by atoms with Gasteiger partial charge >= 0.3 is 0 Å². The molecule has 3 heteroatoms. The van der Waals surface area contributed by atoms with Crippen molar-refractivity contribution in [3.05, 3.63) is 6.92 Å². The minimum atomic E-state index is 0.110. The highest BCUT2D eigenvalue weighted by Gasteiger charge is 2.01. The fraction of sp³-hybridized carbons (Fsp3) is 0.667. The molecular weight excluding hydrogens is 134 g/mol. The zero-order valence-corrected chi connectivity index (χ0v) is 6.70. The van der Waals surface area contributed by atoms with Gasteiger partial charge in [-0.25, -0.2) is 0 Å². The van der Waals surface area contributed by atoms with Crippen LogP contribution in [0.5, 0.6) is 0 Å². The van der Waals surface area contributed by atoms with E-state index in [9.17, 15) is 4.79 Å². The van der Waals surface area contributed by atoms with Crippen LogP contribution in [0, 0.1) is 6.92 Å². The molecule has 53 valence electrons. The molecule has 0 saturated carbocycles. The van der Waals surface area contributed by atoms with Crippen LogP contribution in [0.3, 0.4) is 0 Å². The number of thioether (sulfide) groups is 1. The average molecular weight is 146 g/mol. The Labute approximate surface area is 60.6 Å². The Kier molecular flexibility index (Phi) is 4.58. The number of carbonyl (C=O) groups is 1. The van der Waals surface area contributed by atoms with E-state index in [-0.39, 0.29) is 5.24 Å². The van der Waals surface area contributed by atoms with E-state index < -0.39 is 0 Å². The van der Waals surface area contributed by atoms with Crippen LogP contribution in [0.1, 0.15) is 6.42 Å². The van der Waals surface area contributed by atoms with Gasteiger partial charge in [0.15, 0.2) is 0 Å². The molecule has 0 fully saturated rings. The molecule has 0 N–H and O–H groups in total. The predicted octanol–water partition coefficient (Wildman–Crippen LogP) is 1.63. The predicted molar refractivity (Wildman–Crippen MR) is 41.5 cm³/mol. The smallest absolute Gasteiger partial charge is 0.281 e. The van der Waals surface area contributed by atoms with E-state index in [0.717, 1.165) is 12.2 Å². The maximum atomic E-state index is 10.8. The van der Waals surface area contributed by atoms with Crippen molar-refractivity contribution in [3.8, 4) is 0 Å². The van der Waals surface area contributed by atoms with Crippen LogP contribution >= 0.6 is 11.8 Å². The molecule has 0 atom stereocenters. The molecule has 0 aliphatic heterocycles. The average Bonchev–Trinajstić information content (AvgIpc) is 1.82. The van der Waals surface area contributed by atoms with Crippen molar-refractivity contribution in [1.82, 2.24) is 4.90 Å². The molecule has 0 saturated heterocycles. The van der Waals surface area contributed by atoms with Crippen molar-refractivity contribution in [2.45, 2.75) is 6.42 Å². The number of carbonyl (C=O) groups excluding carboxylic acids is 1. The Hall–Kier alpha value is -0.180. The quantitative estimate of drug-likeness (QED) is 0.590. The number of hydrogen-bond acceptors (Lipinski definition) is 2. The van der Waals surface area contributed by atoms with Crippen molar-refractivity contribution in [2.75, 3.05) is 19.8 Å². The van der Waals surface area contributed by atoms with Gasteiger partial charge in [0.25, 0.3) is 5.24 Å². The summed E-state index contributed by atoms with van der Waals surface area (Å²) in [4.78, 5) is 12.3. The first-order valence-corrected chi connectivity index (χ1v) is 3.80. The summed E-state index contributed by atoms with van der Waals surface area (Å²) in [5.74, 6) is 0.816. The van der Waals surface area contributed by atoms with Crippen LogP contribution in [0.15, 0.2) is 0 Å². The lowest BCUT2D eigenvalue weighted by Crippen LogP contribution is -2.16. The summed E-state index contributed by atoms with van der Waals surface area (Å²) in [6.07, 6.45) is 0.810. The number of rotatable bonds is 2. The van der Waals surface area contributed by atoms with E-state index in [4.69, 9.17) is 0 Å². The molecule has 0 spiro atoms. The first-order chi connectivity index (χ1) is 4.18. The normalized spacial score (nSPS) is 9.22. The molecule has 0 unspecified atom stereocenters. The van der Waals surface area contributed by atoms with Crippen LogP contribution in [0.25, 0.3) is 0 Å². The molecule has 0 bridgehead atoms. The van der Waals surface area contributed by atoms with Crippen molar-refractivity contribution in [3.63, 3.8) is 0 Å². The third-order valence-corrected chi connectivity index (χ3v) is 1.84. The van der Waals surface area contributed by atoms with Crippen LogP contribution in [0.4, 0.5) is 4.79 Å². The summed E-state index contributed by atoms with van der Waals surface area (Å²) in [6.45, 7) is 3.63. The van der Waals surface area contributed by atoms with Crippen LogP contribution < -0.4 is 0 Å². The topological polar surface area (TPSA) is 20.3 Å². The lowest BCUT2D eigenvalue weighted by atomic mass is 10.6. The van der Waals surface area contributed by atoms with Gasteiger partial charge in [0.05, 0.1) is 0 Å². The van der Waals surface area contributed by atoms with Crippen LogP contribution in [-0.2, 0) is 0 Å². The zero-order valence-electron chi connectivity index (χ0n) is 5.89. The minimum absolute atomic E-state index is 0.110. The Bertz CT molecular complexity index is 93.1. The van der Waals surface area contributed by atoms with Gasteiger partial charge in [0.1, 0.15) is 0 Å². The summed E-state index contributed by atoms with van der Waals surface area (Å²) in [7, 11) is 3.50. The molecule has 0 aromatic heterocycles. The van der Waals surface area contributed by atoms with Crippen molar-refractivity contribution in [1.29, 1.82) is 0 Å². The highest BCUT2D eigenvalue weighted by molar-refractivity contribution is 8.13. The minimum Gasteiger partial charge on any atom is -0.340 e. The molecule has 0 aromatic carbocycles. The Balaban J connectivity index is 3.28. The summed E-state index contributed by atoms with van der Waals surface area (Å²) >= 11 is 1.31. The second-order valence-corrected chi connectivity index (χ2v) is 2.91. The number of hydrogen-bond donors (Lipinski definition) is 0. The molecule has 2 nitrogen and oxygen atoms in total. The Morgan fingerprint density at radius 2 is 2.22 bits per heavy atom. The maximum absolute atomic E-state index is 10.8. The Morgan fingerprint density at radius 3 is 2.56 bits per heavy atom. The highest BCUT2D eigenvalue weighted by atomic mass is 32.2. The van der Waals surface area contributed by atoms with Crippen molar-refractivity contribution < 1.29 is 4.79 Å². The van der Waals surface area contributed by atoms with Gasteiger partial charge in [-0.05, 0) is 6.42 Å². The molecule has 1 amide bonds. The molecule has 9 heavy (non-hydrogen) atoms. The lowest BCUT2D eigenvalue weighted by molar-refractivity contribution is 0.241. The zero-order chi connectivity index (χ0) is 7.28. The molecule has 0 rings (SSSR count). The van der Waals surface area contributed by atoms with Gasteiger partial charge in [0, 0.05) is 19.8 Å². The largest absolute Gasteiger partial charge is 0.340 e. The fourth-order valence-electron chi connectivity index (χ4n) is 0.289. The lowest BCUT2D eigenvalue weighted by Gasteiger charge is -2.07. The third-order valence-electron chi connectivity index (χ3n) is 0.735. The summed E-state index contributed by atoms with van der Waals surface area (Å²) in [6, 6.07) is 0. The summed E-state index contributed by atoms with van der Waals surface area (Å²) in [5, 5.41) is 0.110. The van der Waals surface area contributed by atoms with Gasteiger partial charge in [0.2, 0.25) is 0 Å². The van der Waals surface area contributed by atoms with E-state index in [1.165, 1.54) is 11.8 Å². The van der Waals surface area contributed by atoms with Crippen molar-refractivity contribution >= 4 is 17.0 Å². The van der Waals surface area contributed by atoms with E-state index in [0.29, 0.717) is 0 Å². The van der Waals surface area contributed by atoms with Crippen molar-refractivity contribution in [2.24, 2.45) is 0 Å².